The van der Waals surface area contributed by atoms with E-state index in [0.717, 1.165) is 42.2 Å². The van der Waals surface area contributed by atoms with Crippen LogP contribution in [0.5, 0.6) is 11.5 Å². The molecule has 0 aliphatic carbocycles. The Morgan fingerprint density at radius 2 is 2.10 bits per heavy atom. The SMILES string of the molecule is COc1ccccc1OCC(=O)Nc1c2c(nn1CC(=O)NCC1CCCO1)CSC2. The number of hydrogen-bond donors (Lipinski definition) is 2. The highest BCUT2D eigenvalue weighted by Crippen LogP contribution is 2.34. The van der Waals surface area contributed by atoms with E-state index in [0.29, 0.717) is 23.9 Å². The number of benzene rings is 1. The molecule has 2 aromatic rings. The quantitative estimate of drug-likeness (QED) is 0.607. The Kier molecular flexibility index (Phi) is 6.98. The number of carbonyl (C=O) groups excluding carboxylic acids is 2. The molecule has 2 aliphatic heterocycles. The predicted molar refractivity (Wildman–Crippen MR) is 116 cm³/mol. The number of nitrogens with one attached hydrogen (secondary N) is 2. The van der Waals surface area contributed by atoms with Crippen molar-refractivity contribution in [3.05, 3.63) is 35.5 Å². The van der Waals surface area contributed by atoms with E-state index in [-0.39, 0.29) is 31.1 Å². The van der Waals surface area contributed by atoms with Crippen LogP contribution in [0.3, 0.4) is 0 Å². The maximum absolute atomic E-state index is 12.6. The molecule has 166 valence electrons. The van der Waals surface area contributed by atoms with E-state index in [9.17, 15) is 9.59 Å². The number of thioether (sulfide) groups is 1. The molecule has 1 fully saturated rings. The van der Waals surface area contributed by atoms with Gasteiger partial charge in [0, 0.05) is 30.2 Å². The molecule has 2 amide bonds. The van der Waals surface area contributed by atoms with E-state index < -0.39 is 0 Å². The number of para-hydroxylation sites is 2. The molecule has 1 saturated heterocycles. The Hall–Kier alpha value is -2.72. The van der Waals surface area contributed by atoms with E-state index in [2.05, 4.69) is 15.7 Å². The van der Waals surface area contributed by atoms with Crippen molar-refractivity contribution >= 4 is 29.4 Å². The van der Waals surface area contributed by atoms with Gasteiger partial charge < -0.3 is 24.8 Å². The standard InChI is InChI=1S/C21H26N4O5S/c1-28-17-6-2-3-7-18(17)30-11-20(27)23-21-15-12-31-13-16(15)24-25(21)10-19(26)22-9-14-5-4-8-29-14/h2-3,6-7,14H,4-5,8-13H2,1H3,(H,22,26)(H,23,27). The van der Waals surface area contributed by atoms with Crippen LogP contribution < -0.4 is 20.1 Å². The fraction of sp³-hybridized carbons (Fsp3) is 0.476. The topological polar surface area (TPSA) is 104 Å². The minimum atomic E-state index is -0.327. The summed E-state index contributed by atoms with van der Waals surface area (Å²) in [6.07, 6.45) is 2.06. The van der Waals surface area contributed by atoms with E-state index in [1.807, 2.05) is 12.1 Å². The van der Waals surface area contributed by atoms with Crippen molar-refractivity contribution in [2.24, 2.45) is 0 Å². The summed E-state index contributed by atoms with van der Waals surface area (Å²) in [4.78, 5) is 25.0. The first-order chi connectivity index (χ1) is 15.1. The van der Waals surface area contributed by atoms with Gasteiger partial charge in [0.15, 0.2) is 18.1 Å². The van der Waals surface area contributed by atoms with Crippen molar-refractivity contribution in [1.29, 1.82) is 0 Å². The lowest BCUT2D eigenvalue weighted by molar-refractivity contribution is -0.122. The van der Waals surface area contributed by atoms with Crippen molar-refractivity contribution in [2.45, 2.75) is 37.0 Å². The van der Waals surface area contributed by atoms with Crippen LogP contribution in [0.25, 0.3) is 0 Å². The van der Waals surface area contributed by atoms with E-state index >= 15 is 0 Å². The van der Waals surface area contributed by atoms with Crippen LogP contribution in [0.15, 0.2) is 24.3 Å². The molecule has 2 aliphatic rings. The molecule has 9 nitrogen and oxygen atoms in total. The minimum Gasteiger partial charge on any atom is -0.493 e. The van der Waals surface area contributed by atoms with Gasteiger partial charge in [0.1, 0.15) is 12.4 Å². The number of ether oxygens (including phenoxy) is 3. The first-order valence-electron chi connectivity index (χ1n) is 10.2. The number of fused-ring (bicyclic) bond motifs is 1. The number of amides is 2. The van der Waals surface area contributed by atoms with E-state index in [1.165, 1.54) is 0 Å². The summed E-state index contributed by atoms with van der Waals surface area (Å²) in [6, 6.07) is 7.14. The smallest absolute Gasteiger partial charge is 0.263 e. The van der Waals surface area contributed by atoms with Gasteiger partial charge in [0.25, 0.3) is 5.91 Å². The summed E-state index contributed by atoms with van der Waals surface area (Å²) in [6.45, 7) is 1.09. The average molecular weight is 447 g/mol. The van der Waals surface area contributed by atoms with Gasteiger partial charge in [-0.25, -0.2) is 4.68 Å². The van der Waals surface area contributed by atoms with Crippen LogP contribution in [0.1, 0.15) is 24.1 Å². The van der Waals surface area contributed by atoms with Crippen LogP contribution in [0.4, 0.5) is 5.82 Å². The van der Waals surface area contributed by atoms with Crippen molar-refractivity contribution in [3.8, 4) is 11.5 Å². The van der Waals surface area contributed by atoms with Gasteiger partial charge in [-0.1, -0.05) is 12.1 Å². The van der Waals surface area contributed by atoms with Gasteiger partial charge >= 0.3 is 0 Å². The van der Waals surface area contributed by atoms with Crippen molar-refractivity contribution in [3.63, 3.8) is 0 Å². The molecule has 1 aromatic heterocycles. The number of hydrogen-bond acceptors (Lipinski definition) is 7. The second-order valence-electron chi connectivity index (χ2n) is 7.35. The van der Waals surface area contributed by atoms with Gasteiger partial charge in [0.2, 0.25) is 5.91 Å². The van der Waals surface area contributed by atoms with Crippen LogP contribution in [-0.4, -0.2) is 54.6 Å². The number of aromatic nitrogens is 2. The molecule has 0 saturated carbocycles. The van der Waals surface area contributed by atoms with Crippen LogP contribution >= 0.6 is 11.8 Å². The second-order valence-corrected chi connectivity index (χ2v) is 8.34. The summed E-state index contributed by atoms with van der Waals surface area (Å²) < 4.78 is 18.0. The van der Waals surface area contributed by atoms with Crippen LogP contribution in [0, 0.1) is 0 Å². The molecule has 31 heavy (non-hydrogen) atoms. The van der Waals surface area contributed by atoms with Gasteiger partial charge in [0.05, 0.1) is 18.9 Å². The van der Waals surface area contributed by atoms with Crippen molar-refractivity contribution in [2.75, 3.05) is 32.2 Å². The minimum absolute atomic E-state index is 0.0351. The summed E-state index contributed by atoms with van der Waals surface area (Å²) in [5.41, 5.74) is 1.86. The highest BCUT2D eigenvalue weighted by atomic mass is 32.2. The summed E-state index contributed by atoms with van der Waals surface area (Å²) >= 11 is 1.73. The Labute approximate surface area is 184 Å². The lowest BCUT2D eigenvalue weighted by Gasteiger charge is -2.14. The number of anilines is 1. The van der Waals surface area contributed by atoms with E-state index in [1.54, 1.807) is 35.7 Å². The summed E-state index contributed by atoms with van der Waals surface area (Å²) in [5, 5.41) is 10.3. The molecule has 1 unspecified atom stereocenters. The Balaban J connectivity index is 1.37. The van der Waals surface area contributed by atoms with E-state index in [4.69, 9.17) is 14.2 Å². The highest BCUT2D eigenvalue weighted by Gasteiger charge is 2.25. The number of nitrogens with zero attached hydrogens (tertiary/aromatic N) is 2. The largest absolute Gasteiger partial charge is 0.493 e. The Bertz CT molecular complexity index is 942. The fourth-order valence-corrected chi connectivity index (χ4v) is 4.63. The zero-order chi connectivity index (χ0) is 21.6. The molecule has 0 radical (unpaired) electrons. The third-order valence-electron chi connectivity index (χ3n) is 5.15. The predicted octanol–water partition coefficient (Wildman–Crippen LogP) is 1.95. The maximum atomic E-state index is 12.6. The Morgan fingerprint density at radius 1 is 1.26 bits per heavy atom. The molecular weight excluding hydrogens is 420 g/mol. The molecule has 0 bridgehead atoms. The summed E-state index contributed by atoms with van der Waals surface area (Å²) in [5.74, 6) is 2.62. The summed E-state index contributed by atoms with van der Waals surface area (Å²) in [7, 11) is 1.55. The zero-order valence-electron chi connectivity index (χ0n) is 17.4. The average Bonchev–Trinajstić information content (AvgIpc) is 3.51. The Morgan fingerprint density at radius 3 is 2.87 bits per heavy atom. The second kappa shape index (κ2) is 10.1. The normalized spacial score (nSPS) is 17.3. The fourth-order valence-electron chi connectivity index (χ4n) is 3.59. The van der Waals surface area contributed by atoms with Gasteiger partial charge in [-0.2, -0.15) is 16.9 Å². The molecule has 0 spiro atoms. The molecule has 2 N–H and O–H groups in total. The lowest BCUT2D eigenvalue weighted by atomic mass is 10.2. The molecule has 3 heterocycles. The number of rotatable bonds is 9. The third-order valence-corrected chi connectivity index (χ3v) is 6.12. The number of methoxy groups -OCH3 is 1. The molecule has 1 atom stereocenters. The van der Waals surface area contributed by atoms with Crippen molar-refractivity contribution in [1.82, 2.24) is 15.1 Å². The van der Waals surface area contributed by atoms with Crippen molar-refractivity contribution < 1.29 is 23.8 Å². The first kappa shape index (κ1) is 21.5. The lowest BCUT2D eigenvalue weighted by Crippen LogP contribution is -2.35. The molecular formula is C21H26N4O5S. The number of carbonyl (C=O) groups is 2. The third kappa shape index (κ3) is 5.31. The molecule has 4 rings (SSSR count). The zero-order valence-corrected chi connectivity index (χ0v) is 18.2. The van der Waals surface area contributed by atoms with Crippen LogP contribution in [0.2, 0.25) is 0 Å². The molecule has 10 heteroatoms. The highest BCUT2D eigenvalue weighted by molar-refractivity contribution is 7.98. The van der Waals surface area contributed by atoms with Gasteiger partial charge in [-0.3, -0.25) is 9.59 Å². The van der Waals surface area contributed by atoms with Gasteiger partial charge in [-0.15, -0.1) is 0 Å². The van der Waals surface area contributed by atoms with Gasteiger partial charge in [-0.05, 0) is 25.0 Å². The van der Waals surface area contributed by atoms with Crippen LogP contribution in [-0.2, 0) is 32.4 Å². The maximum Gasteiger partial charge on any atom is 0.263 e. The first-order valence-corrected chi connectivity index (χ1v) is 11.4. The molecule has 1 aromatic carbocycles. The monoisotopic (exact) mass is 446 g/mol.